The number of nitrogens with one attached hydrogen (secondary N) is 1. The molecule has 0 radical (unpaired) electrons. The number of aliphatic hydroxyl groups excluding tert-OH is 1. The van der Waals surface area contributed by atoms with Crippen LogP contribution in [0.25, 0.3) is 0 Å². The molecule has 3 rings (SSSR count). The highest BCUT2D eigenvalue weighted by molar-refractivity contribution is 6.05. The van der Waals surface area contributed by atoms with Gasteiger partial charge in [-0.05, 0) is 23.8 Å². The second-order valence-corrected chi connectivity index (χ2v) is 5.84. The minimum atomic E-state index is -0.822. The van der Waals surface area contributed by atoms with Crippen molar-refractivity contribution in [2.45, 2.75) is 12.6 Å². The zero-order chi connectivity index (χ0) is 18.8. The van der Waals surface area contributed by atoms with E-state index in [1.165, 1.54) is 24.3 Å². The van der Waals surface area contributed by atoms with E-state index in [4.69, 9.17) is 5.73 Å². The number of carbonyl (C=O) groups is 2. The van der Waals surface area contributed by atoms with Gasteiger partial charge in [0.05, 0.1) is 22.9 Å². The van der Waals surface area contributed by atoms with Crippen LogP contribution in [-0.2, 0) is 11.3 Å². The highest BCUT2D eigenvalue weighted by atomic mass is 16.6. The number of nitro benzene ring substituents is 1. The highest BCUT2D eigenvalue weighted by Gasteiger charge is 2.32. The smallest absolute Gasteiger partial charge is 0.269 e. The number of non-ortho nitro benzene ring substituents is 1. The van der Waals surface area contributed by atoms with E-state index in [1.54, 1.807) is 23.1 Å². The van der Waals surface area contributed by atoms with Gasteiger partial charge in [-0.25, -0.2) is 0 Å². The van der Waals surface area contributed by atoms with Crippen LogP contribution in [0.15, 0.2) is 42.5 Å². The molecule has 9 heteroatoms. The molecule has 1 atom stereocenters. The fraction of sp³-hybridized carbons (Fsp3) is 0.176. The second kappa shape index (κ2) is 6.81. The Kier molecular flexibility index (Phi) is 4.55. The summed E-state index contributed by atoms with van der Waals surface area (Å²) in [5.74, 6) is -1.03. The van der Waals surface area contributed by atoms with Crippen molar-refractivity contribution in [3.63, 3.8) is 0 Å². The van der Waals surface area contributed by atoms with Crippen molar-refractivity contribution in [3.05, 3.63) is 63.7 Å². The first-order valence-corrected chi connectivity index (χ1v) is 7.76. The molecule has 9 nitrogen and oxygen atoms in total. The molecule has 0 bridgehead atoms. The van der Waals surface area contributed by atoms with Crippen molar-refractivity contribution in [2.24, 2.45) is 5.73 Å². The fourth-order valence-corrected chi connectivity index (χ4v) is 2.86. The van der Waals surface area contributed by atoms with Crippen molar-refractivity contribution >= 4 is 28.9 Å². The Hall–Kier alpha value is -3.46. The number of amides is 2. The summed E-state index contributed by atoms with van der Waals surface area (Å²) in [4.78, 5) is 35.6. The molecule has 4 N–H and O–H groups in total. The molecule has 0 aromatic heterocycles. The van der Waals surface area contributed by atoms with Gasteiger partial charge in [0.1, 0.15) is 6.04 Å². The molecule has 0 saturated carbocycles. The normalized spacial score (nSPS) is 16.0. The van der Waals surface area contributed by atoms with Gasteiger partial charge < -0.3 is 21.1 Å². The number of rotatable bonds is 5. The Morgan fingerprint density at radius 2 is 1.96 bits per heavy atom. The number of benzene rings is 2. The Labute approximate surface area is 148 Å². The van der Waals surface area contributed by atoms with Crippen LogP contribution < -0.4 is 16.0 Å². The molecular formula is C17H16N4O5. The van der Waals surface area contributed by atoms with Crippen molar-refractivity contribution in [1.29, 1.82) is 0 Å². The molecule has 0 spiro atoms. The number of aliphatic hydroxyl groups is 1. The predicted molar refractivity (Wildman–Crippen MR) is 93.7 cm³/mol. The second-order valence-electron chi connectivity index (χ2n) is 5.84. The fourth-order valence-electron chi connectivity index (χ4n) is 2.86. The SMILES string of the molecule is NC(=O)c1ccc2c(c1)NC(=O)[C@@H](CO)N2Cc1ccc([N+](=O)[O-])cc1. The summed E-state index contributed by atoms with van der Waals surface area (Å²) in [5, 5.41) is 23.1. The van der Waals surface area contributed by atoms with Crippen LogP contribution in [0.1, 0.15) is 15.9 Å². The summed E-state index contributed by atoms with van der Waals surface area (Å²) in [5.41, 5.74) is 7.25. The lowest BCUT2D eigenvalue weighted by Gasteiger charge is -2.37. The van der Waals surface area contributed by atoms with E-state index in [0.717, 1.165) is 5.56 Å². The van der Waals surface area contributed by atoms with Crippen molar-refractivity contribution < 1.29 is 19.6 Å². The molecule has 26 heavy (non-hydrogen) atoms. The first-order chi connectivity index (χ1) is 12.4. The molecule has 0 aliphatic carbocycles. The Morgan fingerprint density at radius 3 is 2.54 bits per heavy atom. The topological polar surface area (TPSA) is 139 Å². The van der Waals surface area contributed by atoms with Gasteiger partial charge in [-0.3, -0.25) is 19.7 Å². The maximum atomic E-state index is 12.3. The lowest BCUT2D eigenvalue weighted by Crippen LogP contribution is -2.49. The number of nitro groups is 1. The van der Waals surface area contributed by atoms with Crippen LogP contribution >= 0.6 is 0 Å². The summed E-state index contributed by atoms with van der Waals surface area (Å²) in [6, 6.07) is 9.78. The summed E-state index contributed by atoms with van der Waals surface area (Å²) in [6.45, 7) is -0.157. The lowest BCUT2D eigenvalue weighted by molar-refractivity contribution is -0.384. The van der Waals surface area contributed by atoms with E-state index in [2.05, 4.69) is 5.32 Å². The van der Waals surface area contributed by atoms with Gasteiger partial charge in [0.25, 0.3) is 5.69 Å². The van der Waals surface area contributed by atoms with Gasteiger partial charge in [0, 0.05) is 24.2 Å². The molecule has 0 unspecified atom stereocenters. The third kappa shape index (κ3) is 3.20. The molecule has 134 valence electrons. The maximum Gasteiger partial charge on any atom is 0.269 e. The Balaban J connectivity index is 1.97. The number of nitrogens with two attached hydrogens (primary N) is 1. The highest BCUT2D eigenvalue weighted by Crippen LogP contribution is 2.34. The minimum Gasteiger partial charge on any atom is -0.394 e. The largest absolute Gasteiger partial charge is 0.394 e. The van der Waals surface area contributed by atoms with E-state index in [1.807, 2.05) is 0 Å². The number of carbonyl (C=O) groups excluding carboxylic acids is 2. The number of primary amides is 1. The van der Waals surface area contributed by atoms with Crippen LogP contribution in [0.3, 0.4) is 0 Å². The van der Waals surface area contributed by atoms with Crippen LogP contribution in [0, 0.1) is 10.1 Å². The third-order valence-electron chi connectivity index (χ3n) is 4.20. The number of anilines is 2. The van der Waals surface area contributed by atoms with E-state index < -0.39 is 29.4 Å². The molecular weight excluding hydrogens is 340 g/mol. The molecule has 1 aliphatic heterocycles. The molecule has 0 saturated heterocycles. The average Bonchev–Trinajstić information content (AvgIpc) is 2.61. The van der Waals surface area contributed by atoms with Crippen molar-refractivity contribution in [2.75, 3.05) is 16.8 Å². The van der Waals surface area contributed by atoms with Crippen LogP contribution in [0.5, 0.6) is 0 Å². The van der Waals surface area contributed by atoms with Gasteiger partial charge in [-0.2, -0.15) is 0 Å². The monoisotopic (exact) mass is 356 g/mol. The maximum absolute atomic E-state index is 12.3. The summed E-state index contributed by atoms with van der Waals surface area (Å²) in [7, 11) is 0. The Morgan fingerprint density at radius 1 is 1.27 bits per heavy atom. The van der Waals surface area contributed by atoms with Crippen LogP contribution in [0.2, 0.25) is 0 Å². The van der Waals surface area contributed by atoms with Gasteiger partial charge in [0.15, 0.2) is 0 Å². The van der Waals surface area contributed by atoms with Crippen molar-refractivity contribution in [3.8, 4) is 0 Å². The van der Waals surface area contributed by atoms with Crippen molar-refractivity contribution in [1.82, 2.24) is 0 Å². The summed E-state index contributed by atoms with van der Waals surface area (Å²) >= 11 is 0. The number of hydrogen-bond acceptors (Lipinski definition) is 6. The number of hydrogen-bond donors (Lipinski definition) is 3. The third-order valence-corrected chi connectivity index (χ3v) is 4.20. The molecule has 1 heterocycles. The first-order valence-electron chi connectivity index (χ1n) is 7.76. The van der Waals surface area contributed by atoms with E-state index >= 15 is 0 Å². The number of nitrogens with zero attached hydrogens (tertiary/aromatic N) is 2. The molecule has 1 aliphatic rings. The van der Waals surface area contributed by atoms with Gasteiger partial charge in [-0.15, -0.1) is 0 Å². The van der Waals surface area contributed by atoms with E-state index in [0.29, 0.717) is 11.4 Å². The molecule has 2 aromatic rings. The van der Waals surface area contributed by atoms with Gasteiger partial charge in [0.2, 0.25) is 11.8 Å². The average molecular weight is 356 g/mol. The van der Waals surface area contributed by atoms with Crippen LogP contribution in [-0.4, -0.2) is 34.5 Å². The van der Waals surface area contributed by atoms with Gasteiger partial charge >= 0.3 is 0 Å². The lowest BCUT2D eigenvalue weighted by atomic mass is 10.0. The molecule has 2 amide bonds. The number of fused-ring (bicyclic) bond motifs is 1. The zero-order valence-electron chi connectivity index (χ0n) is 13.6. The minimum absolute atomic E-state index is 0.0321. The standard InChI is InChI=1S/C17H16N4O5/c18-16(23)11-3-6-14-13(7-11)19-17(24)15(9-22)20(14)8-10-1-4-12(5-2-10)21(25)26/h1-7,15,22H,8-9H2,(H2,18,23)(H,19,24)/t15-/m1/s1. The summed E-state index contributed by atoms with van der Waals surface area (Å²) in [6.07, 6.45) is 0. The van der Waals surface area contributed by atoms with Crippen LogP contribution in [0.4, 0.5) is 17.1 Å². The molecule has 2 aromatic carbocycles. The predicted octanol–water partition coefficient (Wildman–Crippen LogP) is 1.01. The van der Waals surface area contributed by atoms with E-state index in [9.17, 15) is 24.8 Å². The van der Waals surface area contributed by atoms with E-state index in [-0.39, 0.29) is 17.8 Å². The first kappa shape index (κ1) is 17.4. The quantitative estimate of drug-likeness (QED) is 0.540. The zero-order valence-corrected chi connectivity index (χ0v) is 13.6. The Bertz CT molecular complexity index is 881. The van der Waals surface area contributed by atoms with Gasteiger partial charge in [-0.1, -0.05) is 12.1 Å². The molecule has 0 fully saturated rings. The summed E-state index contributed by atoms with van der Waals surface area (Å²) < 4.78 is 0.